The molecule has 1 aliphatic heterocycles. The van der Waals surface area contributed by atoms with Gasteiger partial charge in [-0.15, -0.1) is 5.10 Å². The van der Waals surface area contributed by atoms with Gasteiger partial charge in [-0.1, -0.05) is 6.07 Å². The van der Waals surface area contributed by atoms with Crippen LogP contribution in [-0.4, -0.2) is 47.2 Å². The van der Waals surface area contributed by atoms with Gasteiger partial charge >= 0.3 is 0 Å². The van der Waals surface area contributed by atoms with Gasteiger partial charge in [-0.25, -0.2) is 0 Å². The molecule has 0 saturated carbocycles. The van der Waals surface area contributed by atoms with E-state index >= 15 is 0 Å². The van der Waals surface area contributed by atoms with Crippen LogP contribution in [0.1, 0.15) is 21.5 Å². The zero-order valence-electron chi connectivity index (χ0n) is 13.0. The predicted octanol–water partition coefficient (Wildman–Crippen LogP) is 2.06. The first-order valence-corrected chi connectivity index (χ1v) is 7.54. The van der Waals surface area contributed by atoms with E-state index in [0.29, 0.717) is 13.1 Å². The molecule has 2 aromatic rings. The monoisotopic (exact) mass is 296 g/mol. The smallest absolute Gasteiger partial charge is 0.253 e. The second-order valence-corrected chi connectivity index (χ2v) is 5.66. The second-order valence-electron chi connectivity index (χ2n) is 5.66. The molecule has 1 aliphatic rings. The van der Waals surface area contributed by atoms with Gasteiger partial charge in [0.1, 0.15) is 0 Å². The summed E-state index contributed by atoms with van der Waals surface area (Å²) in [6, 6.07) is 9.74. The summed E-state index contributed by atoms with van der Waals surface area (Å²) in [6.07, 6.45) is 1.67. The van der Waals surface area contributed by atoms with Crippen LogP contribution in [0.25, 0.3) is 0 Å². The minimum atomic E-state index is 0.113. The van der Waals surface area contributed by atoms with Crippen LogP contribution in [0.15, 0.2) is 36.5 Å². The number of carbonyl (C=O) groups excluding carboxylic acids is 1. The molecule has 0 N–H and O–H groups in total. The van der Waals surface area contributed by atoms with Crippen LogP contribution < -0.4 is 4.90 Å². The van der Waals surface area contributed by atoms with Crippen molar-refractivity contribution in [1.29, 1.82) is 0 Å². The highest BCUT2D eigenvalue weighted by Crippen LogP contribution is 2.16. The number of aryl methyl sites for hydroxylation is 2. The molecule has 114 valence electrons. The Kier molecular flexibility index (Phi) is 4.04. The summed E-state index contributed by atoms with van der Waals surface area (Å²) in [5.74, 6) is 0.989. The van der Waals surface area contributed by atoms with Crippen molar-refractivity contribution in [2.45, 2.75) is 13.8 Å². The number of nitrogens with zero attached hydrogens (tertiary/aromatic N) is 4. The van der Waals surface area contributed by atoms with E-state index in [4.69, 9.17) is 0 Å². The van der Waals surface area contributed by atoms with E-state index < -0.39 is 0 Å². The normalized spacial score (nSPS) is 15.0. The molecule has 22 heavy (non-hydrogen) atoms. The van der Waals surface area contributed by atoms with E-state index in [9.17, 15) is 4.79 Å². The highest BCUT2D eigenvalue weighted by Gasteiger charge is 2.23. The molecular formula is C17H20N4O. The largest absolute Gasteiger partial charge is 0.352 e. The lowest BCUT2D eigenvalue weighted by Crippen LogP contribution is -2.49. The van der Waals surface area contributed by atoms with Crippen molar-refractivity contribution in [2.75, 3.05) is 31.1 Å². The number of carbonyl (C=O) groups is 1. The Morgan fingerprint density at radius 2 is 1.82 bits per heavy atom. The molecule has 1 aromatic carbocycles. The number of hydrogen-bond acceptors (Lipinski definition) is 4. The summed E-state index contributed by atoms with van der Waals surface area (Å²) >= 11 is 0. The topological polar surface area (TPSA) is 49.3 Å². The fourth-order valence-electron chi connectivity index (χ4n) is 2.66. The zero-order chi connectivity index (χ0) is 15.5. The first-order valence-electron chi connectivity index (χ1n) is 7.54. The van der Waals surface area contributed by atoms with Gasteiger partial charge < -0.3 is 9.80 Å². The molecule has 1 saturated heterocycles. The third kappa shape index (κ3) is 2.93. The average Bonchev–Trinajstić information content (AvgIpc) is 2.58. The van der Waals surface area contributed by atoms with Gasteiger partial charge in [0, 0.05) is 37.9 Å². The highest BCUT2D eigenvalue weighted by atomic mass is 16.2. The van der Waals surface area contributed by atoms with Crippen molar-refractivity contribution < 1.29 is 4.79 Å². The van der Waals surface area contributed by atoms with E-state index in [-0.39, 0.29) is 5.91 Å². The molecule has 0 aliphatic carbocycles. The van der Waals surface area contributed by atoms with Gasteiger partial charge in [0.2, 0.25) is 0 Å². The molecule has 0 spiro atoms. The van der Waals surface area contributed by atoms with Gasteiger partial charge in [-0.2, -0.15) is 5.10 Å². The number of rotatable bonds is 2. The van der Waals surface area contributed by atoms with Crippen LogP contribution >= 0.6 is 0 Å². The summed E-state index contributed by atoms with van der Waals surface area (Å²) in [5.41, 5.74) is 3.14. The maximum absolute atomic E-state index is 12.6. The molecule has 1 fully saturated rings. The molecule has 0 unspecified atom stereocenters. The van der Waals surface area contributed by atoms with E-state index in [2.05, 4.69) is 22.0 Å². The van der Waals surface area contributed by atoms with Gasteiger partial charge in [0.05, 0.1) is 0 Å². The Morgan fingerprint density at radius 1 is 1.05 bits per heavy atom. The Morgan fingerprint density at radius 3 is 2.45 bits per heavy atom. The quantitative estimate of drug-likeness (QED) is 0.851. The van der Waals surface area contributed by atoms with Crippen molar-refractivity contribution in [3.63, 3.8) is 0 Å². The van der Waals surface area contributed by atoms with E-state index in [1.807, 2.05) is 42.2 Å². The molecule has 1 amide bonds. The lowest BCUT2D eigenvalue weighted by atomic mass is 10.1. The first-order chi connectivity index (χ1) is 10.6. The summed E-state index contributed by atoms with van der Waals surface area (Å²) < 4.78 is 0. The van der Waals surface area contributed by atoms with Crippen molar-refractivity contribution in [3.05, 3.63) is 53.2 Å². The van der Waals surface area contributed by atoms with Crippen molar-refractivity contribution in [3.8, 4) is 0 Å². The van der Waals surface area contributed by atoms with Gasteiger partial charge in [-0.05, 0) is 49.2 Å². The van der Waals surface area contributed by atoms with Gasteiger partial charge in [0.25, 0.3) is 5.91 Å². The molecule has 2 heterocycles. The number of anilines is 1. The average molecular weight is 296 g/mol. The van der Waals surface area contributed by atoms with Gasteiger partial charge in [0.15, 0.2) is 5.82 Å². The van der Waals surface area contributed by atoms with E-state index in [1.165, 1.54) is 5.56 Å². The molecule has 0 radical (unpaired) electrons. The summed E-state index contributed by atoms with van der Waals surface area (Å²) in [6.45, 7) is 7.09. The number of hydrogen-bond donors (Lipinski definition) is 0. The Balaban J connectivity index is 1.66. The number of amides is 1. The molecular weight excluding hydrogens is 276 g/mol. The standard InChI is InChI=1S/C17H20N4O/c1-13-5-6-15(12-14(13)2)17(22)21-10-8-20(9-11-21)16-4-3-7-18-19-16/h3-7,12H,8-11H2,1-2H3. The lowest BCUT2D eigenvalue weighted by Gasteiger charge is -2.35. The van der Waals surface area contributed by atoms with Crippen LogP contribution in [-0.2, 0) is 0 Å². The van der Waals surface area contributed by atoms with Crippen LogP contribution in [0, 0.1) is 13.8 Å². The van der Waals surface area contributed by atoms with Crippen LogP contribution in [0.2, 0.25) is 0 Å². The third-order valence-corrected chi connectivity index (χ3v) is 4.20. The van der Waals surface area contributed by atoms with Crippen LogP contribution in [0.4, 0.5) is 5.82 Å². The van der Waals surface area contributed by atoms with E-state index in [0.717, 1.165) is 30.0 Å². The van der Waals surface area contributed by atoms with Crippen LogP contribution in [0.3, 0.4) is 0 Å². The van der Waals surface area contributed by atoms with Crippen molar-refractivity contribution in [2.24, 2.45) is 0 Å². The fourth-order valence-corrected chi connectivity index (χ4v) is 2.66. The SMILES string of the molecule is Cc1ccc(C(=O)N2CCN(c3cccnn3)CC2)cc1C. The Hall–Kier alpha value is -2.43. The number of piperazine rings is 1. The number of aromatic nitrogens is 2. The maximum Gasteiger partial charge on any atom is 0.253 e. The molecule has 5 nitrogen and oxygen atoms in total. The van der Waals surface area contributed by atoms with Gasteiger partial charge in [-0.3, -0.25) is 4.79 Å². The predicted molar refractivity (Wildman–Crippen MR) is 86.1 cm³/mol. The molecule has 0 bridgehead atoms. The summed E-state index contributed by atoms with van der Waals surface area (Å²) in [5, 5.41) is 8.03. The van der Waals surface area contributed by atoms with Crippen molar-refractivity contribution in [1.82, 2.24) is 15.1 Å². The van der Waals surface area contributed by atoms with Crippen LogP contribution in [0.5, 0.6) is 0 Å². The third-order valence-electron chi connectivity index (χ3n) is 4.20. The Bertz CT molecular complexity index is 664. The minimum absolute atomic E-state index is 0.113. The summed E-state index contributed by atoms with van der Waals surface area (Å²) in [4.78, 5) is 16.7. The summed E-state index contributed by atoms with van der Waals surface area (Å²) in [7, 11) is 0. The maximum atomic E-state index is 12.6. The molecule has 3 rings (SSSR count). The molecule has 0 atom stereocenters. The second kappa shape index (κ2) is 6.13. The number of benzene rings is 1. The fraction of sp³-hybridized carbons (Fsp3) is 0.353. The van der Waals surface area contributed by atoms with E-state index in [1.54, 1.807) is 6.20 Å². The lowest BCUT2D eigenvalue weighted by molar-refractivity contribution is 0.0746. The Labute approximate surface area is 130 Å². The highest BCUT2D eigenvalue weighted by molar-refractivity contribution is 5.94. The zero-order valence-corrected chi connectivity index (χ0v) is 13.0. The first kappa shape index (κ1) is 14.5. The molecule has 1 aromatic heterocycles. The molecule has 5 heteroatoms. The minimum Gasteiger partial charge on any atom is -0.352 e. The van der Waals surface area contributed by atoms with Crippen molar-refractivity contribution >= 4 is 11.7 Å².